The van der Waals surface area contributed by atoms with Crippen LogP contribution in [-0.2, 0) is 4.79 Å². The molecule has 0 radical (unpaired) electrons. The highest BCUT2D eigenvalue weighted by molar-refractivity contribution is 6.45. The zero-order valence-electron chi connectivity index (χ0n) is 21.8. The number of aromatic nitrogens is 7. The average molecular weight is 541 g/mol. The van der Waals surface area contributed by atoms with Gasteiger partial charge < -0.3 is 19.7 Å². The lowest BCUT2D eigenvalue weighted by molar-refractivity contribution is -0.126. The van der Waals surface area contributed by atoms with Gasteiger partial charge in [-0.3, -0.25) is 9.59 Å². The van der Waals surface area contributed by atoms with E-state index in [0.717, 1.165) is 23.1 Å². The third-order valence-electron chi connectivity index (χ3n) is 6.90. The summed E-state index contributed by atoms with van der Waals surface area (Å²) in [5.41, 5.74) is 2.78. The van der Waals surface area contributed by atoms with E-state index in [4.69, 9.17) is 0 Å². The summed E-state index contributed by atoms with van der Waals surface area (Å²) in [6.45, 7) is 1.60. The first-order valence-corrected chi connectivity index (χ1v) is 12.6. The summed E-state index contributed by atoms with van der Waals surface area (Å²) in [7, 11) is 3.80. The van der Waals surface area contributed by atoms with E-state index in [2.05, 4.69) is 35.4 Å². The van der Waals surface area contributed by atoms with Gasteiger partial charge in [0.2, 0.25) is 0 Å². The minimum atomic E-state index is -0.792. The molecule has 1 saturated heterocycles. The fourth-order valence-corrected chi connectivity index (χ4v) is 4.81. The van der Waals surface area contributed by atoms with Crippen LogP contribution >= 0.6 is 0 Å². The van der Waals surface area contributed by atoms with Crippen molar-refractivity contribution < 1.29 is 14.0 Å². The molecule has 1 fully saturated rings. The second-order valence-electron chi connectivity index (χ2n) is 9.53. The highest BCUT2D eigenvalue weighted by Crippen LogP contribution is 2.32. The zero-order valence-corrected chi connectivity index (χ0v) is 21.8. The van der Waals surface area contributed by atoms with E-state index in [1.54, 1.807) is 6.20 Å². The van der Waals surface area contributed by atoms with Crippen molar-refractivity contribution in [3.8, 4) is 17.1 Å². The Balaban J connectivity index is 1.23. The standard InChI is InChI=1S/C27H25FN10O2/c1-35(2)21-14-20(23(33-32-21)17-6-4-3-5-7-17)36-10-12-37(13-11-36)27(40)25(39)18-15-29-24-22(18)19(28)16-30-26(24)38-9-8-31-34-38/h3-9,14-16,29H,10-13H2,1-2H3. The van der Waals surface area contributed by atoms with Crippen molar-refractivity contribution in [3.63, 3.8) is 0 Å². The number of ketones is 1. The third kappa shape index (κ3) is 4.40. The summed E-state index contributed by atoms with van der Waals surface area (Å²) in [5.74, 6) is -1.21. The molecule has 0 bridgehead atoms. The number of nitrogens with one attached hydrogen (secondary N) is 1. The van der Waals surface area contributed by atoms with Gasteiger partial charge in [0.15, 0.2) is 17.5 Å². The van der Waals surface area contributed by atoms with E-state index in [-0.39, 0.29) is 22.3 Å². The highest BCUT2D eigenvalue weighted by Gasteiger charge is 2.31. The van der Waals surface area contributed by atoms with Crippen molar-refractivity contribution in [2.75, 3.05) is 50.1 Å². The maximum absolute atomic E-state index is 14.8. The van der Waals surface area contributed by atoms with E-state index in [1.165, 1.54) is 22.0 Å². The van der Waals surface area contributed by atoms with E-state index in [0.29, 0.717) is 32.0 Å². The lowest BCUT2D eigenvalue weighted by Crippen LogP contribution is -2.50. The second kappa shape index (κ2) is 10.2. The topological polar surface area (TPSA) is 129 Å². The molecule has 1 aromatic carbocycles. The van der Waals surface area contributed by atoms with Crippen molar-refractivity contribution in [3.05, 3.63) is 72.6 Å². The molecule has 0 atom stereocenters. The second-order valence-corrected chi connectivity index (χ2v) is 9.53. The van der Waals surface area contributed by atoms with Crippen LogP contribution in [0, 0.1) is 5.82 Å². The molecule has 202 valence electrons. The number of Topliss-reactive ketones (excluding diaryl/α,β-unsaturated/α-hetero) is 1. The Hall–Kier alpha value is -5.20. The molecule has 40 heavy (non-hydrogen) atoms. The Kier molecular flexibility index (Phi) is 6.38. The van der Waals surface area contributed by atoms with Crippen LogP contribution in [0.1, 0.15) is 10.4 Å². The molecule has 1 N–H and O–H groups in total. The monoisotopic (exact) mass is 540 g/mol. The van der Waals surface area contributed by atoms with Crippen LogP contribution in [0.25, 0.3) is 28.0 Å². The molecule has 5 heterocycles. The largest absolute Gasteiger partial charge is 0.366 e. The molecule has 1 aliphatic heterocycles. The van der Waals surface area contributed by atoms with Crippen LogP contribution in [0.4, 0.5) is 15.9 Å². The van der Waals surface area contributed by atoms with Crippen molar-refractivity contribution in [1.82, 2.24) is 40.1 Å². The number of hydrogen-bond donors (Lipinski definition) is 1. The maximum atomic E-state index is 14.8. The number of benzene rings is 1. The van der Waals surface area contributed by atoms with Crippen molar-refractivity contribution >= 4 is 34.1 Å². The summed E-state index contributed by atoms with van der Waals surface area (Å²) in [6, 6.07) is 11.8. The molecule has 13 heteroatoms. The first-order valence-electron chi connectivity index (χ1n) is 12.6. The molecular formula is C27H25FN10O2. The number of piperazine rings is 1. The first kappa shape index (κ1) is 25.1. The SMILES string of the molecule is CN(C)c1cc(N2CCN(C(=O)C(=O)c3c[nH]c4c(-n5ccnn5)ncc(F)c34)CC2)c(-c2ccccc2)nn1. The Morgan fingerprint density at radius 2 is 1.82 bits per heavy atom. The Morgan fingerprint density at radius 3 is 2.52 bits per heavy atom. The molecule has 0 saturated carbocycles. The van der Waals surface area contributed by atoms with Gasteiger partial charge in [-0.25, -0.2) is 14.1 Å². The van der Waals surface area contributed by atoms with Crippen molar-refractivity contribution in [1.29, 1.82) is 0 Å². The zero-order chi connectivity index (χ0) is 27.8. The number of hydrogen-bond acceptors (Lipinski definition) is 9. The fourth-order valence-electron chi connectivity index (χ4n) is 4.81. The number of H-pyrrole nitrogens is 1. The molecule has 0 unspecified atom stereocenters. The number of anilines is 2. The number of rotatable bonds is 6. The highest BCUT2D eigenvalue weighted by atomic mass is 19.1. The lowest BCUT2D eigenvalue weighted by Gasteiger charge is -2.36. The molecule has 0 aliphatic carbocycles. The molecule has 12 nitrogen and oxygen atoms in total. The van der Waals surface area contributed by atoms with E-state index in [1.807, 2.05) is 55.4 Å². The van der Waals surface area contributed by atoms with E-state index in [9.17, 15) is 14.0 Å². The number of carbonyl (C=O) groups is 2. The number of halogens is 1. The summed E-state index contributed by atoms with van der Waals surface area (Å²) < 4.78 is 16.2. The molecule has 1 aliphatic rings. The van der Waals surface area contributed by atoms with Crippen LogP contribution in [0.2, 0.25) is 0 Å². The summed E-state index contributed by atoms with van der Waals surface area (Å²) in [5, 5.41) is 16.5. The maximum Gasteiger partial charge on any atom is 0.295 e. The smallest absolute Gasteiger partial charge is 0.295 e. The van der Waals surface area contributed by atoms with Crippen molar-refractivity contribution in [2.24, 2.45) is 0 Å². The average Bonchev–Trinajstić information content (AvgIpc) is 3.68. The lowest BCUT2D eigenvalue weighted by atomic mass is 10.1. The van der Waals surface area contributed by atoms with Gasteiger partial charge in [0.25, 0.3) is 11.7 Å². The number of nitrogens with zero attached hydrogens (tertiary/aromatic N) is 9. The Morgan fingerprint density at radius 1 is 1.05 bits per heavy atom. The number of carbonyl (C=O) groups excluding carboxylic acids is 2. The van der Waals surface area contributed by atoms with E-state index < -0.39 is 17.5 Å². The van der Waals surface area contributed by atoms with Gasteiger partial charge in [0, 0.05) is 58.1 Å². The fraction of sp³-hybridized carbons (Fsp3) is 0.222. The van der Waals surface area contributed by atoms with Gasteiger partial charge in [-0.15, -0.1) is 15.3 Å². The summed E-state index contributed by atoms with van der Waals surface area (Å²) in [4.78, 5) is 39.1. The van der Waals surface area contributed by atoms with Gasteiger partial charge in [0.1, 0.15) is 5.69 Å². The van der Waals surface area contributed by atoms with Crippen LogP contribution in [-0.4, -0.2) is 92.0 Å². The van der Waals surface area contributed by atoms with Crippen LogP contribution in [0.5, 0.6) is 0 Å². The third-order valence-corrected chi connectivity index (χ3v) is 6.90. The Labute approximate surface area is 228 Å². The number of aromatic amines is 1. The number of amides is 1. The number of fused-ring (bicyclic) bond motifs is 1. The van der Waals surface area contributed by atoms with Crippen LogP contribution in [0.3, 0.4) is 0 Å². The predicted molar refractivity (Wildman–Crippen MR) is 146 cm³/mol. The molecule has 6 rings (SSSR count). The number of pyridine rings is 1. The van der Waals surface area contributed by atoms with Crippen LogP contribution in [0.15, 0.2) is 61.2 Å². The molecule has 5 aromatic rings. The normalized spacial score (nSPS) is 13.6. The first-order chi connectivity index (χ1) is 19.4. The van der Waals surface area contributed by atoms with Crippen LogP contribution < -0.4 is 9.80 Å². The van der Waals surface area contributed by atoms with Gasteiger partial charge in [-0.05, 0) is 0 Å². The molecular weight excluding hydrogens is 515 g/mol. The molecule has 0 spiro atoms. The minimum Gasteiger partial charge on any atom is -0.366 e. The van der Waals surface area contributed by atoms with Gasteiger partial charge in [0.05, 0.1) is 40.7 Å². The van der Waals surface area contributed by atoms with Gasteiger partial charge >= 0.3 is 0 Å². The minimum absolute atomic E-state index is 0.0101. The Bertz CT molecular complexity index is 1690. The quantitative estimate of drug-likeness (QED) is 0.255. The molecule has 4 aromatic heterocycles. The van der Waals surface area contributed by atoms with Gasteiger partial charge in [-0.1, -0.05) is 35.5 Å². The van der Waals surface area contributed by atoms with E-state index >= 15 is 0 Å². The summed E-state index contributed by atoms with van der Waals surface area (Å²) in [6.07, 6.45) is 5.35. The summed E-state index contributed by atoms with van der Waals surface area (Å²) >= 11 is 0. The van der Waals surface area contributed by atoms with Crippen molar-refractivity contribution in [2.45, 2.75) is 0 Å². The predicted octanol–water partition coefficient (Wildman–Crippen LogP) is 2.34. The molecule has 1 amide bonds. The van der Waals surface area contributed by atoms with Gasteiger partial charge in [-0.2, -0.15) is 0 Å².